The van der Waals surface area contributed by atoms with Gasteiger partial charge in [-0.05, 0) is 55.1 Å². The molecule has 0 saturated carbocycles. The average Bonchev–Trinajstić information content (AvgIpc) is 2.69. The molecule has 1 atom stereocenters. The summed E-state index contributed by atoms with van der Waals surface area (Å²) in [4.78, 5) is 0. The number of aryl methyl sites for hydroxylation is 2. The minimum Gasteiger partial charge on any atom is -0.497 e. The Kier molecular flexibility index (Phi) is 3.75. The van der Waals surface area contributed by atoms with E-state index in [0.29, 0.717) is 6.04 Å². The first-order chi connectivity index (χ1) is 9.78. The number of rotatable bonds is 2. The number of ether oxygens (including phenoxy) is 1. The maximum Gasteiger partial charge on any atom is 0.119 e. The molecule has 104 valence electrons. The van der Waals surface area contributed by atoms with Gasteiger partial charge in [0.05, 0.1) is 13.2 Å². The van der Waals surface area contributed by atoms with Crippen molar-refractivity contribution in [3.63, 3.8) is 0 Å². The molecule has 1 unspecified atom stereocenters. The molecule has 1 aliphatic heterocycles. The van der Waals surface area contributed by atoms with Crippen LogP contribution >= 0.6 is 0 Å². The summed E-state index contributed by atoms with van der Waals surface area (Å²) in [7, 11) is 1.73. The van der Waals surface area contributed by atoms with E-state index < -0.39 is 0 Å². The molecular formula is C18H21NO. The minimum absolute atomic E-state index is 0.291. The van der Waals surface area contributed by atoms with Gasteiger partial charge < -0.3 is 10.1 Å². The highest BCUT2D eigenvalue weighted by atomic mass is 16.5. The van der Waals surface area contributed by atoms with E-state index in [1.807, 2.05) is 0 Å². The highest BCUT2D eigenvalue weighted by Crippen LogP contribution is 2.30. The van der Waals surface area contributed by atoms with Crippen LogP contribution in [0.2, 0.25) is 0 Å². The summed E-state index contributed by atoms with van der Waals surface area (Å²) >= 11 is 0. The minimum atomic E-state index is 0.291. The molecule has 3 rings (SSSR count). The molecule has 0 fully saturated rings. The molecule has 2 aromatic rings. The summed E-state index contributed by atoms with van der Waals surface area (Å²) < 4.78 is 5.36. The van der Waals surface area contributed by atoms with Gasteiger partial charge in [-0.1, -0.05) is 35.9 Å². The number of hydrogen-bond donors (Lipinski definition) is 1. The molecule has 1 heterocycles. The van der Waals surface area contributed by atoms with Crippen LogP contribution in [0.4, 0.5) is 0 Å². The predicted octanol–water partition coefficient (Wildman–Crippen LogP) is 3.63. The second-order valence-electron chi connectivity index (χ2n) is 5.47. The lowest BCUT2D eigenvalue weighted by atomic mass is 9.93. The number of methoxy groups -OCH3 is 1. The fraction of sp³-hybridized carbons (Fsp3) is 0.333. The molecule has 1 N–H and O–H groups in total. The van der Waals surface area contributed by atoms with Gasteiger partial charge in [0.2, 0.25) is 0 Å². The zero-order valence-electron chi connectivity index (χ0n) is 12.1. The van der Waals surface area contributed by atoms with Crippen molar-refractivity contribution in [2.45, 2.75) is 25.8 Å². The SMILES string of the molecule is COc1ccc2c(c1)CCCNC2c1ccc(C)cc1. The zero-order valence-corrected chi connectivity index (χ0v) is 12.1. The van der Waals surface area contributed by atoms with Gasteiger partial charge in [0.25, 0.3) is 0 Å². The Morgan fingerprint density at radius 1 is 1.10 bits per heavy atom. The molecular weight excluding hydrogens is 246 g/mol. The predicted molar refractivity (Wildman–Crippen MR) is 82.3 cm³/mol. The molecule has 2 aromatic carbocycles. The van der Waals surface area contributed by atoms with Crippen LogP contribution in [-0.2, 0) is 6.42 Å². The van der Waals surface area contributed by atoms with Gasteiger partial charge in [0.1, 0.15) is 5.75 Å². The molecule has 1 aliphatic rings. The van der Waals surface area contributed by atoms with E-state index in [1.165, 1.54) is 28.7 Å². The summed E-state index contributed by atoms with van der Waals surface area (Å²) in [6.45, 7) is 3.18. The number of hydrogen-bond acceptors (Lipinski definition) is 2. The zero-order chi connectivity index (χ0) is 13.9. The van der Waals surface area contributed by atoms with E-state index in [9.17, 15) is 0 Å². The first-order valence-electron chi connectivity index (χ1n) is 7.24. The molecule has 0 bridgehead atoms. The van der Waals surface area contributed by atoms with Gasteiger partial charge in [0, 0.05) is 0 Å². The molecule has 0 aliphatic carbocycles. The van der Waals surface area contributed by atoms with E-state index in [0.717, 1.165) is 18.7 Å². The van der Waals surface area contributed by atoms with Crippen LogP contribution in [0, 0.1) is 6.92 Å². The number of nitrogens with one attached hydrogen (secondary N) is 1. The van der Waals surface area contributed by atoms with Crippen molar-refractivity contribution in [1.29, 1.82) is 0 Å². The van der Waals surface area contributed by atoms with Crippen molar-refractivity contribution in [2.75, 3.05) is 13.7 Å². The molecule has 20 heavy (non-hydrogen) atoms. The summed E-state index contributed by atoms with van der Waals surface area (Å²) in [6, 6.07) is 15.6. The van der Waals surface area contributed by atoms with Crippen LogP contribution in [-0.4, -0.2) is 13.7 Å². The number of benzene rings is 2. The third kappa shape index (κ3) is 2.56. The van der Waals surface area contributed by atoms with Gasteiger partial charge in [-0.25, -0.2) is 0 Å². The van der Waals surface area contributed by atoms with Crippen molar-refractivity contribution in [2.24, 2.45) is 0 Å². The molecule has 0 amide bonds. The van der Waals surface area contributed by atoms with Crippen molar-refractivity contribution in [1.82, 2.24) is 5.32 Å². The number of fused-ring (bicyclic) bond motifs is 1. The van der Waals surface area contributed by atoms with E-state index in [4.69, 9.17) is 4.74 Å². The largest absolute Gasteiger partial charge is 0.497 e. The van der Waals surface area contributed by atoms with Gasteiger partial charge in [-0.15, -0.1) is 0 Å². The Labute approximate surface area is 120 Å². The summed E-state index contributed by atoms with van der Waals surface area (Å²) in [6.07, 6.45) is 2.28. The Morgan fingerprint density at radius 3 is 2.65 bits per heavy atom. The Hall–Kier alpha value is -1.80. The van der Waals surface area contributed by atoms with Gasteiger partial charge in [0.15, 0.2) is 0 Å². The van der Waals surface area contributed by atoms with Crippen LogP contribution in [0.15, 0.2) is 42.5 Å². The van der Waals surface area contributed by atoms with Gasteiger partial charge >= 0.3 is 0 Å². The normalized spacial score (nSPS) is 18.2. The molecule has 0 spiro atoms. The third-order valence-electron chi connectivity index (χ3n) is 4.04. The van der Waals surface area contributed by atoms with E-state index in [2.05, 4.69) is 54.7 Å². The molecule has 2 nitrogen and oxygen atoms in total. The first kappa shape index (κ1) is 13.2. The monoisotopic (exact) mass is 267 g/mol. The smallest absolute Gasteiger partial charge is 0.119 e. The Morgan fingerprint density at radius 2 is 1.90 bits per heavy atom. The van der Waals surface area contributed by atoms with E-state index >= 15 is 0 Å². The highest BCUT2D eigenvalue weighted by Gasteiger charge is 2.20. The average molecular weight is 267 g/mol. The van der Waals surface area contributed by atoms with Crippen LogP contribution in [0.3, 0.4) is 0 Å². The molecule has 0 saturated heterocycles. The summed E-state index contributed by atoms with van der Waals surface area (Å²) in [5, 5.41) is 3.67. The fourth-order valence-electron chi connectivity index (χ4n) is 2.90. The summed E-state index contributed by atoms with van der Waals surface area (Å²) in [5.74, 6) is 0.952. The second kappa shape index (κ2) is 5.68. The van der Waals surface area contributed by atoms with Crippen LogP contribution in [0.5, 0.6) is 5.75 Å². The lowest BCUT2D eigenvalue weighted by molar-refractivity contribution is 0.414. The quantitative estimate of drug-likeness (QED) is 0.897. The maximum atomic E-state index is 5.36. The topological polar surface area (TPSA) is 21.3 Å². The standard InChI is InChI=1S/C18H21NO/c1-13-5-7-14(8-6-13)18-17-10-9-16(20-2)12-15(17)4-3-11-19-18/h5-10,12,18-19H,3-4,11H2,1-2H3. The van der Waals surface area contributed by atoms with E-state index in [1.54, 1.807) is 7.11 Å². The van der Waals surface area contributed by atoms with Gasteiger partial charge in [-0.2, -0.15) is 0 Å². The second-order valence-corrected chi connectivity index (χ2v) is 5.47. The fourth-order valence-corrected chi connectivity index (χ4v) is 2.90. The first-order valence-corrected chi connectivity index (χ1v) is 7.24. The Balaban J connectivity index is 2.02. The highest BCUT2D eigenvalue weighted by molar-refractivity contribution is 5.43. The molecule has 0 aromatic heterocycles. The third-order valence-corrected chi connectivity index (χ3v) is 4.04. The summed E-state index contributed by atoms with van der Waals surface area (Å²) in [5.41, 5.74) is 5.42. The van der Waals surface area contributed by atoms with Crippen molar-refractivity contribution in [3.8, 4) is 5.75 Å². The molecule has 0 radical (unpaired) electrons. The van der Waals surface area contributed by atoms with E-state index in [-0.39, 0.29) is 0 Å². The van der Waals surface area contributed by atoms with Gasteiger partial charge in [-0.3, -0.25) is 0 Å². The van der Waals surface area contributed by atoms with Crippen LogP contribution < -0.4 is 10.1 Å². The van der Waals surface area contributed by atoms with Crippen LogP contribution in [0.25, 0.3) is 0 Å². The van der Waals surface area contributed by atoms with Crippen molar-refractivity contribution >= 4 is 0 Å². The Bertz CT molecular complexity index is 589. The van der Waals surface area contributed by atoms with Crippen molar-refractivity contribution < 1.29 is 4.74 Å². The van der Waals surface area contributed by atoms with Crippen LogP contribution in [0.1, 0.15) is 34.7 Å². The van der Waals surface area contributed by atoms with Crippen molar-refractivity contribution in [3.05, 3.63) is 64.7 Å². The maximum absolute atomic E-state index is 5.36. The lowest BCUT2D eigenvalue weighted by Crippen LogP contribution is -2.22. The lowest BCUT2D eigenvalue weighted by Gasteiger charge is -2.20. The molecule has 2 heteroatoms.